The van der Waals surface area contributed by atoms with Crippen LogP contribution in [0.15, 0.2) is 59.0 Å². The van der Waals surface area contributed by atoms with Gasteiger partial charge < -0.3 is 26.0 Å². The lowest BCUT2D eigenvalue weighted by molar-refractivity contribution is -0.139. The van der Waals surface area contributed by atoms with Gasteiger partial charge in [0.25, 0.3) is 0 Å². The molecule has 0 saturated carbocycles. The number of aliphatic carboxylic acids is 2. The Morgan fingerprint density at radius 1 is 1.06 bits per heavy atom. The number of carboxylic acids is 2. The monoisotopic (exact) mass is 728 g/mol. The average molecular weight is 730 g/mol. The molecule has 0 bridgehead atoms. The van der Waals surface area contributed by atoms with Gasteiger partial charge in [0, 0.05) is 24.4 Å². The number of benzene rings is 2. The zero-order valence-corrected chi connectivity index (χ0v) is 28.6. The quantitative estimate of drug-likeness (QED) is 0.0283. The number of amides is 2. The third-order valence-electron chi connectivity index (χ3n) is 5.70. The highest BCUT2D eigenvalue weighted by atomic mass is 35.5. The Hall–Kier alpha value is -4.44. The molecule has 0 aliphatic carbocycles. The number of primary amides is 1. The zero-order valence-electron chi connectivity index (χ0n) is 25.5. The van der Waals surface area contributed by atoms with Crippen molar-refractivity contribution in [3.63, 3.8) is 0 Å². The Morgan fingerprint density at radius 2 is 1.72 bits per heavy atom. The summed E-state index contributed by atoms with van der Waals surface area (Å²) >= 11 is 18.9. The summed E-state index contributed by atoms with van der Waals surface area (Å²) < 4.78 is 4.95. The lowest BCUT2D eigenvalue weighted by Gasteiger charge is -2.11. The van der Waals surface area contributed by atoms with E-state index >= 15 is 0 Å². The summed E-state index contributed by atoms with van der Waals surface area (Å²) in [5, 5.41) is 23.7. The number of carbonyl (C=O) groups excluding carboxylic acids is 2. The number of carboxylic acid groups (broad SMARTS) is 2. The molecule has 5 N–H and O–H groups in total. The molecule has 18 heteroatoms. The number of Topliss-reactive ketones (excluding diaryl/α,β-unsaturated/α-hetero) is 1. The number of anilines is 2. The van der Waals surface area contributed by atoms with Gasteiger partial charge in [-0.2, -0.15) is 5.01 Å². The average Bonchev–Trinajstić information content (AvgIpc) is 3.02. The van der Waals surface area contributed by atoms with Gasteiger partial charge in [-0.1, -0.05) is 72.2 Å². The van der Waals surface area contributed by atoms with Gasteiger partial charge in [0.15, 0.2) is 17.5 Å². The first-order valence-electron chi connectivity index (χ1n) is 13.2. The van der Waals surface area contributed by atoms with Gasteiger partial charge in [-0.05, 0) is 55.2 Å². The van der Waals surface area contributed by atoms with E-state index in [4.69, 9.17) is 49.8 Å². The number of aryl methyl sites for hydroxylation is 1. The third kappa shape index (κ3) is 13.8. The Bertz CT molecular complexity index is 1640. The van der Waals surface area contributed by atoms with Crippen LogP contribution in [0.1, 0.15) is 34.8 Å². The molecular weight excluding hydrogens is 699 g/mol. The van der Waals surface area contributed by atoms with Crippen LogP contribution in [-0.4, -0.2) is 68.4 Å². The zero-order chi connectivity index (χ0) is 35.8. The van der Waals surface area contributed by atoms with Crippen LogP contribution < -0.4 is 15.8 Å². The molecular formula is C29H31Cl3N6O8S. The molecule has 0 unspecified atom stereocenters. The number of nitroso groups, excluding NO2 is 1. The molecule has 1 heterocycles. The summed E-state index contributed by atoms with van der Waals surface area (Å²) in [5.74, 6) is -1.80. The molecule has 14 nitrogen and oxygen atoms in total. The van der Waals surface area contributed by atoms with E-state index in [0.29, 0.717) is 28.0 Å². The van der Waals surface area contributed by atoms with E-state index in [2.05, 4.69) is 32.9 Å². The molecule has 47 heavy (non-hydrogen) atoms. The molecule has 2 aromatic carbocycles. The number of aromatic nitrogens is 2. The molecule has 3 aromatic rings. The summed E-state index contributed by atoms with van der Waals surface area (Å²) in [6.07, 6.45) is 0.504. The predicted octanol–water partition coefficient (Wildman–Crippen LogP) is 6.95. The fourth-order valence-electron chi connectivity index (χ4n) is 3.03. The fourth-order valence-corrected chi connectivity index (χ4v) is 4.30. The van der Waals surface area contributed by atoms with Gasteiger partial charge in [0.05, 0.1) is 16.1 Å². The molecule has 1 aromatic heterocycles. The Labute approximate surface area is 289 Å². The van der Waals surface area contributed by atoms with Gasteiger partial charge in [-0.15, -0.1) is 4.91 Å². The number of rotatable bonds is 12. The molecule has 0 radical (unpaired) electrons. The first-order valence-corrected chi connectivity index (χ1v) is 15.3. The number of halogens is 3. The first-order chi connectivity index (χ1) is 22.0. The van der Waals surface area contributed by atoms with Gasteiger partial charge in [0.1, 0.15) is 21.7 Å². The molecule has 0 aliphatic heterocycles. The van der Waals surface area contributed by atoms with Crippen molar-refractivity contribution in [2.24, 2.45) is 11.0 Å². The van der Waals surface area contributed by atoms with Crippen LogP contribution in [0.25, 0.3) is 0 Å². The number of nitrogens with one attached hydrogen (secondary N) is 1. The van der Waals surface area contributed by atoms with E-state index in [-0.39, 0.29) is 38.0 Å². The van der Waals surface area contributed by atoms with E-state index in [1.165, 1.54) is 24.7 Å². The summed E-state index contributed by atoms with van der Waals surface area (Å²) in [4.78, 5) is 60.3. The van der Waals surface area contributed by atoms with Crippen molar-refractivity contribution >= 4 is 81.8 Å². The van der Waals surface area contributed by atoms with Crippen molar-refractivity contribution in [2.45, 2.75) is 32.3 Å². The Kier molecular flexibility index (Phi) is 17.2. The van der Waals surface area contributed by atoms with E-state index in [1.807, 2.05) is 32.0 Å². The number of hydrogen-bond donors (Lipinski definition) is 4. The number of carbonyl (C=O) groups is 4. The number of nitrogens with zero attached hydrogens (tertiary/aromatic N) is 4. The highest BCUT2D eigenvalue weighted by Gasteiger charge is 2.18. The largest absolute Gasteiger partial charge is 0.481 e. The SMILES string of the molecule is C=C(CC)C(=O)c1ccc(OCC(=O)O)c(Cl)c1Cl.CN(N=O)C(N)=O.Cc1cccc(Nc2cc(Cl)nc(SCC(=O)O)n2)c1C. The summed E-state index contributed by atoms with van der Waals surface area (Å²) in [7, 11) is 1.18. The summed E-state index contributed by atoms with van der Waals surface area (Å²) in [5.41, 5.74) is 8.39. The second kappa shape index (κ2) is 19.9. The van der Waals surface area contributed by atoms with Gasteiger partial charge in [-0.3, -0.25) is 9.59 Å². The Morgan fingerprint density at radius 3 is 2.26 bits per heavy atom. The van der Waals surface area contributed by atoms with Crippen LogP contribution in [0, 0.1) is 18.8 Å². The molecule has 2 amide bonds. The number of allylic oxidation sites excluding steroid dienone is 1. The number of nitrogens with two attached hydrogens (primary N) is 1. The maximum atomic E-state index is 11.9. The Balaban J connectivity index is 0.000000394. The van der Waals surface area contributed by atoms with Crippen LogP contribution in [0.3, 0.4) is 0 Å². The summed E-state index contributed by atoms with van der Waals surface area (Å²) in [6.45, 7) is 8.95. The highest BCUT2D eigenvalue weighted by Crippen LogP contribution is 2.35. The normalized spacial score (nSPS) is 9.85. The van der Waals surface area contributed by atoms with Crippen molar-refractivity contribution in [3.8, 4) is 5.75 Å². The van der Waals surface area contributed by atoms with Gasteiger partial charge >= 0.3 is 18.0 Å². The number of thioether (sulfide) groups is 1. The third-order valence-corrected chi connectivity index (χ3v) is 7.59. The molecule has 0 aliphatic rings. The van der Waals surface area contributed by atoms with Crippen molar-refractivity contribution in [2.75, 3.05) is 24.7 Å². The lowest BCUT2D eigenvalue weighted by atomic mass is 10.0. The van der Waals surface area contributed by atoms with Crippen LogP contribution in [0.2, 0.25) is 15.2 Å². The topological polar surface area (TPSA) is 214 Å². The summed E-state index contributed by atoms with van der Waals surface area (Å²) in [6, 6.07) is 9.53. The molecule has 0 saturated heterocycles. The van der Waals surface area contributed by atoms with Crippen molar-refractivity contribution in [1.29, 1.82) is 0 Å². The second-order valence-corrected chi connectivity index (χ2v) is 11.2. The number of ether oxygens (including phenoxy) is 1. The van der Waals surface area contributed by atoms with E-state index in [9.17, 15) is 24.1 Å². The number of ketones is 1. The minimum Gasteiger partial charge on any atom is -0.481 e. The minimum atomic E-state index is -1.13. The van der Waals surface area contributed by atoms with Crippen LogP contribution in [0.5, 0.6) is 5.75 Å². The maximum absolute atomic E-state index is 11.9. The predicted molar refractivity (Wildman–Crippen MR) is 181 cm³/mol. The van der Waals surface area contributed by atoms with Gasteiger partial charge in [0.2, 0.25) is 0 Å². The van der Waals surface area contributed by atoms with E-state index in [0.717, 1.165) is 23.0 Å². The van der Waals surface area contributed by atoms with Crippen molar-refractivity contribution in [3.05, 3.63) is 85.3 Å². The number of urea groups is 1. The van der Waals surface area contributed by atoms with Crippen LogP contribution in [0.4, 0.5) is 16.3 Å². The van der Waals surface area contributed by atoms with Crippen LogP contribution in [-0.2, 0) is 9.59 Å². The van der Waals surface area contributed by atoms with Gasteiger partial charge in [-0.25, -0.2) is 19.6 Å². The fraction of sp³-hybridized carbons (Fsp3) is 0.241. The van der Waals surface area contributed by atoms with E-state index < -0.39 is 24.6 Å². The standard InChI is InChI=1S/C14H14ClN3O2S.C13H12Cl2O4.C2H5N3O2/c1-8-4-3-5-10(9(8)2)16-12-6-11(15)17-14(18-12)21-7-13(19)20;1-3-7(2)13(18)8-4-5-9(12(15)11(8)14)19-6-10(16)17;1-5(4-7)2(3)6/h3-6H,7H2,1-2H3,(H,19,20)(H,16,17,18);4-5H,2-3,6H2,1H3,(H,16,17);1H3,(H2,3,6). The second-order valence-electron chi connectivity index (χ2n) is 9.06. The molecule has 3 rings (SSSR count). The lowest BCUT2D eigenvalue weighted by Crippen LogP contribution is -2.26. The first kappa shape index (κ1) is 40.6. The van der Waals surface area contributed by atoms with Crippen molar-refractivity contribution in [1.82, 2.24) is 15.0 Å². The molecule has 0 fully saturated rings. The molecule has 252 valence electrons. The van der Waals surface area contributed by atoms with E-state index in [1.54, 1.807) is 13.0 Å². The van der Waals surface area contributed by atoms with Crippen LogP contribution >= 0.6 is 46.6 Å². The number of hydrogen-bond acceptors (Lipinski definition) is 11. The smallest absolute Gasteiger partial charge is 0.341 e. The van der Waals surface area contributed by atoms with Crippen molar-refractivity contribution < 1.29 is 34.1 Å². The molecule has 0 atom stereocenters. The maximum Gasteiger partial charge on any atom is 0.341 e. The highest BCUT2D eigenvalue weighted by molar-refractivity contribution is 7.99. The molecule has 0 spiro atoms. The minimum absolute atomic E-state index is 0.0117.